The molecule has 0 fully saturated rings. The summed E-state index contributed by atoms with van der Waals surface area (Å²) in [6.07, 6.45) is 0. The number of hydrogen-bond acceptors (Lipinski definition) is 4. The van der Waals surface area contributed by atoms with Crippen LogP contribution in [0.25, 0.3) is 11.3 Å². The SMILES string of the molecule is Cc1onc(-c2cccc(F)c2)c1C(=O)NCc1cccs1. The van der Waals surface area contributed by atoms with Crippen LogP contribution in [-0.4, -0.2) is 11.1 Å². The number of carbonyl (C=O) groups excluding carboxylic acids is 1. The number of benzene rings is 1. The van der Waals surface area contributed by atoms with Gasteiger partial charge >= 0.3 is 0 Å². The predicted molar refractivity (Wildman–Crippen MR) is 82.1 cm³/mol. The number of aromatic nitrogens is 1. The minimum atomic E-state index is -0.386. The van der Waals surface area contributed by atoms with Gasteiger partial charge in [0.2, 0.25) is 0 Å². The fraction of sp³-hybridized carbons (Fsp3) is 0.125. The summed E-state index contributed by atoms with van der Waals surface area (Å²) >= 11 is 1.57. The molecule has 0 bridgehead atoms. The molecule has 0 spiro atoms. The van der Waals surface area contributed by atoms with Gasteiger partial charge in [-0.2, -0.15) is 0 Å². The van der Waals surface area contributed by atoms with E-state index < -0.39 is 0 Å². The fourth-order valence-electron chi connectivity index (χ4n) is 2.14. The van der Waals surface area contributed by atoms with E-state index in [1.807, 2.05) is 17.5 Å². The van der Waals surface area contributed by atoms with Crippen molar-refractivity contribution in [3.8, 4) is 11.3 Å². The largest absolute Gasteiger partial charge is 0.360 e. The number of thiophene rings is 1. The average molecular weight is 316 g/mol. The second-order valence-electron chi connectivity index (χ2n) is 4.73. The van der Waals surface area contributed by atoms with Crippen LogP contribution in [0.4, 0.5) is 4.39 Å². The van der Waals surface area contributed by atoms with E-state index in [9.17, 15) is 9.18 Å². The number of halogens is 1. The van der Waals surface area contributed by atoms with E-state index in [1.165, 1.54) is 12.1 Å². The van der Waals surface area contributed by atoms with Gasteiger partial charge in [0.05, 0.1) is 6.54 Å². The van der Waals surface area contributed by atoms with Crippen LogP contribution in [0.1, 0.15) is 21.0 Å². The van der Waals surface area contributed by atoms with Crippen molar-refractivity contribution in [1.29, 1.82) is 0 Å². The Morgan fingerprint density at radius 3 is 2.95 bits per heavy atom. The third kappa shape index (κ3) is 2.92. The molecule has 0 unspecified atom stereocenters. The smallest absolute Gasteiger partial charge is 0.257 e. The molecular formula is C16H13FN2O2S. The summed E-state index contributed by atoms with van der Waals surface area (Å²) in [6, 6.07) is 9.80. The van der Waals surface area contributed by atoms with Crippen molar-refractivity contribution in [1.82, 2.24) is 10.5 Å². The quantitative estimate of drug-likeness (QED) is 0.797. The van der Waals surface area contributed by atoms with Gasteiger partial charge in [0, 0.05) is 10.4 Å². The molecule has 0 aliphatic heterocycles. The molecule has 0 aliphatic rings. The van der Waals surface area contributed by atoms with Gasteiger partial charge in [-0.3, -0.25) is 4.79 Å². The van der Waals surface area contributed by atoms with Crippen LogP contribution in [0.2, 0.25) is 0 Å². The number of amides is 1. The highest BCUT2D eigenvalue weighted by Crippen LogP contribution is 2.25. The molecule has 1 N–H and O–H groups in total. The lowest BCUT2D eigenvalue weighted by Crippen LogP contribution is -2.23. The van der Waals surface area contributed by atoms with E-state index in [2.05, 4.69) is 10.5 Å². The van der Waals surface area contributed by atoms with Gasteiger partial charge < -0.3 is 9.84 Å². The first kappa shape index (κ1) is 14.5. The highest BCUT2D eigenvalue weighted by molar-refractivity contribution is 7.09. The van der Waals surface area contributed by atoms with Gasteiger partial charge in [-0.25, -0.2) is 4.39 Å². The zero-order chi connectivity index (χ0) is 15.5. The number of nitrogens with zero attached hydrogens (tertiary/aromatic N) is 1. The number of aryl methyl sites for hydroxylation is 1. The number of carbonyl (C=O) groups is 1. The Balaban J connectivity index is 1.87. The average Bonchev–Trinajstić information content (AvgIpc) is 3.14. The topological polar surface area (TPSA) is 55.1 Å². The van der Waals surface area contributed by atoms with E-state index in [4.69, 9.17) is 4.52 Å². The van der Waals surface area contributed by atoms with Crippen LogP contribution < -0.4 is 5.32 Å². The molecule has 6 heteroatoms. The summed E-state index contributed by atoms with van der Waals surface area (Å²) in [6.45, 7) is 2.10. The van der Waals surface area contributed by atoms with Crippen molar-refractivity contribution in [2.75, 3.05) is 0 Å². The van der Waals surface area contributed by atoms with Crippen LogP contribution in [-0.2, 0) is 6.54 Å². The van der Waals surface area contributed by atoms with Crippen LogP contribution in [0.5, 0.6) is 0 Å². The number of rotatable bonds is 4. The Morgan fingerprint density at radius 2 is 2.23 bits per heavy atom. The monoisotopic (exact) mass is 316 g/mol. The standard InChI is InChI=1S/C16H13FN2O2S/c1-10-14(16(20)18-9-13-6-3-7-22-13)15(19-21-10)11-4-2-5-12(17)8-11/h2-8H,9H2,1H3,(H,18,20). The summed E-state index contributed by atoms with van der Waals surface area (Å²) in [5.74, 6) is -0.266. The first-order chi connectivity index (χ1) is 10.6. The summed E-state index contributed by atoms with van der Waals surface area (Å²) in [5.41, 5.74) is 1.20. The maximum Gasteiger partial charge on any atom is 0.257 e. The predicted octanol–water partition coefficient (Wildman–Crippen LogP) is 3.78. The molecule has 0 radical (unpaired) electrons. The number of hydrogen-bond donors (Lipinski definition) is 1. The van der Waals surface area contributed by atoms with E-state index in [0.717, 1.165) is 4.88 Å². The van der Waals surface area contributed by atoms with Crippen molar-refractivity contribution >= 4 is 17.2 Å². The third-order valence-electron chi connectivity index (χ3n) is 3.19. The summed E-state index contributed by atoms with van der Waals surface area (Å²) < 4.78 is 18.5. The molecule has 112 valence electrons. The zero-order valence-corrected chi connectivity index (χ0v) is 12.6. The first-order valence-corrected chi connectivity index (χ1v) is 7.56. The molecule has 22 heavy (non-hydrogen) atoms. The van der Waals surface area contributed by atoms with Crippen LogP contribution in [0.15, 0.2) is 46.3 Å². The van der Waals surface area contributed by atoms with Gasteiger partial charge in [0.25, 0.3) is 5.91 Å². The lowest BCUT2D eigenvalue weighted by molar-refractivity contribution is 0.0950. The molecule has 1 aromatic carbocycles. The minimum Gasteiger partial charge on any atom is -0.360 e. The minimum absolute atomic E-state index is 0.286. The molecule has 3 rings (SSSR count). The molecule has 2 heterocycles. The Bertz CT molecular complexity index is 796. The van der Waals surface area contributed by atoms with E-state index >= 15 is 0 Å². The van der Waals surface area contributed by atoms with Gasteiger partial charge in [0.15, 0.2) is 0 Å². The summed E-state index contributed by atoms with van der Waals surface area (Å²) in [7, 11) is 0. The Morgan fingerprint density at radius 1 is 1.36 bits per heavy atom. The fourth-order valence-corrected chi connectivity index (χ4v) is 2.79. The summed E-state index contributed by atoms with van der Waals surface area (Å²) in [5, 5.41) is 8.67. The van der Waals surface area contributed by atoms with Gasteiger partial charge in [0.1, 0.15) is 22.8 Å². The molecule has 1 amide bonds. The Labute approximate surface area is 130 Å². The lowest BCUT2D eigenvalue weighted by atomic mass is 10.1. The van der Waals surface area contributed by atoms with E-state index in [-0.39, 0.29) is 11.7 Å². The van der Waals surface area contributed by atoms with Gasteiger partial charge in [-0.05, 0) is 30.5 Å². The summed E-state index contributed by atoms with van der Waals surface area (Å²) in [4.78, 5) is 13.5. The molecule has 0 saturated carbocycles. The highest BCUT2D eigenvalue weighted by atomic mass is 32.1. The Kier molecular flexibility index (Phi) is 4.02. The maximum atomic E-state index is 13.4. The lowest BCUT2D eigenvalue weighted by Gasteiger charge is -2.04. The van der Waals surface area contributed by atoms with Crippen LogP contribution >= 0.6 is 11.3 Å². The molecular weight excluding hydrogens is 303 g/mol. The van der Waals surface area contributed by atoms with Gasteiger partial charge in [-0.15, -0.1) is 11.3 Å². The van der Waals surface area contributed by atoms with Gasteiger partial charge in [-0.1, -0.05) is 23.4 Å². The number of nitrogens with one attached hydrogen (secondary N) is 1. The van der Waals surface area contributed by atoms with E-state index in [0.29, 0.717) is 29.1 Å². The first-order valence-electron chi connectivity index (χ1n) is 6.68. The van der Waals surface area contributed by atoms with Crippen LogP contribution in [0.3, 0.4) is 0 Å². The molecule has 2 aromatic heterocycles. The van der Waals surface area contributed by atoms with Crippen molar-refractivity contribution in [2.24, 2.45) is 0 Å². The van der Waals surface area contributed by atoms with Crippen molar-refractivity contribution in [3.05, 3.63) is 63.8 Å². The van der Waals surface area contributed by atoms with Crippen molar-refractivity contribution < 1.29 is 13.7 Å². The second-order valence-corrected chi connectivity index (χ2v) is 5.77. The Hall–Kier alpha value is -2.47. The van der Waals surface area contributed by atoms with Crippen molar-refractivity contribution in [2.45, 2.75) is 13.5 Å². The van der Waals surface area contributed by atoms with Crippen LogP contribution in [0, 0.1) is 12.7 Å². The molecule has 0 aliphatic carbocycles. The third-order valence-corrected chi connectivity index (χ3v) is 4.07. The second kappa shape index (κ2) is 6.11. The normalized spacial score (nSPS) is 10.6. The molecule has 4 nitrogen and oxygen atoms in total. The molecule has 0 saturated heterocycles. The maximum absolute atomic E-state index is 13.4. The zero-order valence-electron chi connectivity index (χ0n) is 11.8. The van der Waals surface area contributed by atoms with E-state index in [1.54, 1.807) is 30.4 Å². The molecule has 0 atom stereocenters. The molecule has 3 aromatic rings. The van der Waals surface area contributed by atoms with Crippen molar-refractivity contribution in [3.63, 3.8) is 0 Å². The highest BCUT2D eigenvalue weighted by Gasteiger charge is 2.21.